The smallest absolute Gasteiger partial charge is 0.346 e. The van der Waals surface area contributed by atoms with Crippen molar-refractivity contribution in [2.45, 2.75) is 6.92 Å². The molecule has 0 aliphatic carbocycles. The fourth-order valence-corrected chi connectivity index (χ4v) is 2.62. The Morgan fingerprint density at radius 1 is 1.55 bits per heavy atom. The lowest BCUT2D eigenvalue weighted by Gasteiger charge is -2.00. The summed E-state index contributed by atoms with van der Waals surface area (Å²) in [5.41, 5.74) is 0.719. The van der Waals surface area contributed by atoms with E-state index < -0.39 is 11.9 Å². The van der Waals surface area contributed by atoms with E-state index in [0.717, 1.165) is 11.3 Å². The second-order valence-corrected chi connectivity index (χ2v) is 4.88. The normalized spacial score (nSPS) is 9.85. The molecule has 0 atom stereocenters. The van der Waals surface area contributed by atoms with Crippen molar-refractivity contribution in [1.29, 1.82) is 0 Å². The number of nitrogens with zero attached hydrogens (tertiary/aromatic N) is 1. The second kappa shape index (κ2) is 5.79. The summed E-state index contributed by atoms with van der Waals surface area (Å²) in [6.07, 6.45) is 1.37. The maximum atomic E-state index is 11.9. The number of thiophene rings is 1. The number of furan rings is 1. The monoisotopic (exact) mass is 308 g/mol. The third kappa shape index (κ3) is 2.67. The topological polar surface area (TPSA) is 91.9 Å². The van der Waals surface area contributed by atoms with E-state index in [1.807, 2.05) is 0 Å². The van der Waals surface area contributed by atoms with Crippen LogP contribution in [-0.4, -0.2) is 22.1 Å². The number of carbonyl (C=O) groups is 2. The number of carbonyl (C=O) groups excluding carboxylic acids is 1. The minimum atomic E-state index is -1.09. The minimum Gasteiger partial charge on any atom is -0.477 e. The molecular weight excluding hydrogens is 300 g/mol. The summed E-state index contributed by atoms with van der Waals surface area (Å²) in [6.45, 7) is 1.59. The van der Waals surface area contributed by atoms with E-state index in [2.05, 4.69) is 27.7 Å². The van der Waals surface area contributed by atoms with Gasteiger partial charge in [-0.3, -0.25) is 4.79 Å². The molecule has 0 saturated heterocycles. The van der Waals surface area contributed by atoms with Crippen molar-refractivity contribution < 1.29 is 19.1 Å². The molecule has 0 fully saturated rings. The molecule has 0 bridgehead atoms. The third-order valence-corrected chi connectivity index (χ3v) is 3.71. The van der Waals surface area contributed by atoms with Crippen molar-refractivity contribution in [3.63, 3.8) is 0 Å². The van der Waals surface area contributed by atoms with Gasteiger partial charge in [-0.1, -0.05) is 0 Å². The number of amides is 1. The molecule has 8 heteroatoms. The molecule has 0 aromatic carbocycles. The summed E-state index contributed by atoms with van der Waals surface area (Å²) in [5.74, 6) is -1.47. The SMILES string of the molecule is Cc1c(C(=O)O)sc(NC(=O)c2ccco2)c1N=C=S. The van der Waals surface area contributed by atoms with Crippen LogP contribution >= 0.6 is 23.6 Å². The van der Waals surface area contributed by atoms with Crippen LogP contribution in [-0.2, 0) is 0 Å². The van der Waals surface area contributed by atoms with Crippen molar-refractivity contribution in [3.05, 3.63) is 34.6 Å². The van der Waals surface area contributed by atoms with Gasteiger partial charge in [-0.15, -0.1) is 11.3 Å². The molecule has 102 valence electrons. The van der Waals surface area contributed by atoms with Crippen molar-refractivity contribution in [2.24, 2.45) is 4.99 Å². The predicted octanol–water partition coefficient (Wildman–Crippen LogP) is 3.33. The second-order valence-electron chi connectivity index (χ2n) is 3.67. The molecule has 2 aromatic rings. The predicted molar refractivity (Wildman–Crippen MR) is 77.4 cm³/mol. The van der Waals surface area contributed by atoms with E-state index in [4.69, 9.17) is 9.52 Å². The molecule has 0 unspecified atom stereocenters. The number of hydrogen-bond donors (Lipinski definition) is 2. The first-order chi connectivity index (χ1) is 9.54. The molecule has 2 heterocycles. The molecule has 6 nitrogen and oxygen atoms in total. The Morgan fingerprint density at radius 2 is 2.30 bits per heavy atom. The number of anilines is 1. The summed E-state index contributed by atoms with van der Waals surface area (Å²) in [6, 6.07) is 3.07. The zero-order valence-electron chi connectivity index (χ0n) is 10.2. The van der Waals surface area contributed by atoms with Gasteiger partial charge in [0.2, 0.25) is 0 Å². The Kier molecular flexibility index (Phi) is 4.09. The van der Waals surface area contributed by atoms with E-state index >= 15 is 0 Å². The first-order valence-electron chi connectivity index (χ1n) is 5.34. The van der Waals surface area contributed by atoms with E-state index in [1.54, 1.807) is 13.0 Å². The Labute approximate surface area is 122 Å². The zero-order valence-corrected chi connectivity index (χ0v) is 11.8. The van der Waals surface area contributed by atoms with Gasteiger partial charge < -0.3 is 14.8 Å². The van der Waals surface area contributed by atoms with Crippen molar-refractivity contribution in [1.82, 2.24) is 0 Å². The lowest BCUT2D eigenvalue weighted by atomic mass is 10.2. The summed E-state index contributed by atoms with van der Waals surface area (Å²) in [7, 11) is 0. The van der Waals surface area contributed by atoms with Gasteiger partial charge in [-0.2, -0.15) is 4.99 Å². The van der Waals surface area contributed by atoms with Crippen LogP contribution in [0.3, 0.4) is 0 Å². The van der Waals surface area contributed by atoms with Gasteiger partial charge in [-0.05, 0) is 31.3 Å². The third-order valence-electron chi connectivity index (χ3n) is 2.44. The quantitative estimate of drug-likeness (QED) is 0.667. The van der Waals surface area contributed by atoms with Gasteiger partial charge in [-0.25, -0.2) is 4.79 Å². The average Bonchev–Trinajstić information content (AvgIpc) is 3.01. The van der Waals surface area contributed by atoms with Gasteiger partial charge in [0.15, 0.2) is 5.76 Å². The highest BCUT2D eigenvalue weighted by molar-refractivity contribution is 7.78. The van der Waals surface area contributed by atoms with Crippen molar-refractivity contribution in [3.8, 4) is 0 Å². The van der Waals surface area contributed by atoms with Crippen LogP contribution < -0.4 is 5.32 Å². The number of rotatable bonds is 4. The molecule has 20 heavy (non-hydrogen) atoms. The molecule has 0 aliphatic rings. The number of aliphatic imine (C=N–C) groups is 1. The molecule has 0 aliphatic heterocycles. The highest BCUT2D eigenvalue weighted by atomic mass is 32.1. The van der Waals surface area contributed by atoms with E-state index in [-0.39, 0.29) is 10.6 Å². The number of carboxylic acids is 1. The van der Waals surface area contributed by atoms with Crippen LogP contribution in [0.25, 0.3) is 0 Å². The van der Waals surface area contributed by atoms with Gasteiger partial charge in [0.1, 0.15) is 15.6 Å². The Hall–Kier alpha value is -2.28. The lowest BCUT2D eigenvalue weighted by Crippen LogP contribution is -2.09. The van der Waals surface area contributed by atoms with Gasteiger partial charge >= 0.3 is 5.97 Å². The average molecular weight is 308 g/mol. The number of hydrogen-bond acceptors (Lipinski definition) is 6. The largest absolute Gasteiger partial charge is 0.477 e. The van der Waals surface area contributed by atoms with Gasteiger partial charge in [0.25, 0.3) is 5.91 Å². The Bertz CT molecular complexity index is 712. The summed E-state index contributed by atoms with van der Waals surface area (Å²) >= 11 is 5.44. The van der Waals surface area contributed by atoms with Crippen molar-refractivity contribution >= 4 is 51.3 Å². The van der Waals surface area contributed by atoms with Crippen molar-refractivity contribution in [2.75, 3.05) is 5.32 Å². The van der Waals surface area contributed by atoms with Crippen LogP contribution in [0.4, 0.5) is 10.7 Å². The standard InChI is InChI=1S/C12H8N2O4S2/c1-6-8(13-5-19)11(20-9(6)12(16)17)14-10(15)7-3-2-4-18-7/h2-4H,1H3,(H,14,15)(H,16,17). The Balaban J connectivity index is 2.40. The molecule has 0 spiro atoms. The Morgan fingerprint density at radius 3 is 2.85 bits per heavy atom. The number of nitrogens with one attached hydrogen (secondary N) is 1. The van der Waals surface area contributed by atoms with Gasteiger partial charge in [0, 0.05) is 5.56 Å². The molecule has 0 saturated carbocycles. The maximum Gasteiger partial charge on any atom is 0.346 e. The number of isothiocyanates is 1. The number of aromatic carboxylic acids is 1. The molecule has 0 radical (unpaired) electrons. The van der Waals surface area contributed by atoms with E-state index in [9.17, 15) is 9.59 Å². The first-order valence-corrected chi connectivity index (χ1v) is 6.56. The molecule has 2 N–H and O–H groups in total. The minimum absolute atomic E-state index is 0.0868. The van der Waals surface area contributed by atoms with Crippen LogP contribution in [0.5, 0.6) is 0 Å². The van der Waals surface area contributed by atoms with E-state index in [0.29, 0.717) is 16.3 Å². The lowest BCUT2D eigenvalue weighted by molar-refractivity contribution is 0.0701. The van der Waals surface area contributed by atoms with Crippen LogP contribution in [0.15, 0.2) is 27.8 Å². The fourth-order valence-electron chi connectivity index (χ4n) is 1.55. The number of thiocarbonyl (C=S) groups is 1. The fraction of sp³-hybridized carbons (Fsp3) is 0.0833. The first kappa shape index (κ1) is 14.1. The highest BCUT2D eigenvalue weighted by Gasteiger charge is 2.21. The zero-order chi connectivity index (χ0) is 14.7. The number of carboxylic acid groups (broad SMARTS) is 1. The van der Waals surface area contributed by atoms with Crippen LogP contribution in [0.1, 0.15) is 25.8 Å². The molecule has 2 aromatic heterocycles. The van der Waals surface area contributed by atoms with Crippen LogP contribution in [0, 0.1) is 6.92 Å². The summed E-state index contributed by atoms with van der Waals surface area (Å²) in [5, 5.41) is 14.1. The van der Waals surface area contributed by atoms with Crippen LogP contribution in [0.2, 0.25) is 0 Å². The molecule has 2 rings (SSSR count). The molecular formula is C12H8N2O4S2. The summed E-state index contributed by atoms with van der Waals surface area (Å²) < 4.78 is 4.96. The molecule has 1 amide bonds. The van der Waals surface area contributed by atoms with Gasteiger partial charge in [0.05, 0.1) is 11.4 Å². The van der Waals surface area contributed by atoms with E-state index in [1.165, 1.54) is 12.3 Å². The summed E-state index contributed by atoms with van der Waals surface area (Å²) in [4.78, 5) is 26.9. The maximum absolute atomic E-state index is 11.9. The highest BCUT2D eigenvalue weighted by Crippen LogP contribution is 2.39.